The predicted octanol–water partition coefficient (Wildman–Crippen LogP) is 2.64. The Morgan fingerprint density at radius 2 is 1.88 bits per heavy atom. The molecular weight excluding hydrogens is 332 g/mol. The molecule has 8 heteroatoms. The monoisotopic (exact) mass is 356 g/mol. The molecule has 0 saturated heterocycles. The zero-order valence-electron chi connectivity index (χ0n) is 13.6. The summed E-state index contributed by atoms with van der Waals surface area (Å²) in [7, 11) is 0. The standard InChI is InChI=1S/C16H24N4O3.ClH/c17-15-8-7-13(20(22)23)11-14(15)16(21)19-10-9-18-12-5-3-1-2-4-6-12;/h7-8,11-12,18H,1-6,9-10,17H2,(H,19,21);1H. The van der Waals surface area contributed by atoms with Crippen molar-refractivity contribution in [1.82, 2.24) is 10.6 Å². The summed E-state index contributed by atoms with van der Waals surface area (Å²) in [6.07, 6.45) is 7.50. The quantitative estimate of drug-likeness (QED) is 0.238. The van der Waals surface area contributed by atoms with E-state index in [0.29, 0.717) is 19.1 Å². The van der Waals surface area contributed by atoms with Gasteiger partial charge in [0.15, 0.2) is 0 Å². The summed E-state index contributed by atoms with van der Waals surface area (Å²) in [6, 6.07) is 4.41. The highest BCUT2D eigenvalue weighted by Crippen LogP contribution is 2.19. The SMILES string of the molecule is Cl.Nc1ccc([N+](=O)[O-])cc1C(=O)NCCNC1CCCCCC1. The molecule has 0 heterocycles. The van der Waals surface area contributed by atoms with Crippen LogP contribution in [0.25, 0.3) is 0 Å². The lowest BCUT2D eigenvalue weighted by molar-refractivity contribution is -0.384. The number of nitrogens with zero attached hydrogens (tertiary/aromatic N) is 1. The summed E-state index contributed by atoms with van der Waals surface area (Å²) in [5.74, 6) is -0.381. The van der Waals surface area contributed by atoms with Gasteiger partial charge in [0.1, 0.15) is 0 Å². The molecule has 4 N–H and O–H groups in total. The van der Waals surface area contributed by atoms with Gasteiger partial charge >= 0.3 is 0 Å². The van der Waals surface area contributed by atoms with Crippen molar-refractivity contribution in [3.63, 3.8) is 0 Å². The number of nitrogen functional groups attached to an aromatic ring is 1. The fraction of sp³-hybridized carbons (Fsp3) is 0.562. The third kappa shape index (κ3) is 5.98. The number of carbonyl (C=O) groups is 1. The van der Waals surface area contributed by atoms with Gasteiger partial charge in [-0.25, -0.2) is 0 Å². The predicted molar refractivity (Wildman–Crippen MR) is 96.6 cm³/mol. The highest BCUT2D eigenvalue weighted by molar-refractivity contribution is 5.99. The van der Waals surface area contributed by atoms with E-state index in [0.717, 1.165) is 0 Å². The molecule has 2 rings (SSSR count). The van der Waals surface area contributed by atoms with Crippen LogP contribution in [0, 0.1) is 10.1 Å². The molecule has 1 aliphatic rings. The smallest absolute Gasteiger partial charge is 0.270 e. The Labute approximate surface area is 147 Å². The summed E-state index contributed by atoms with van der Waals surface area (Å²) < 4.78 is 0. The van der Waals surface area contributed by atoms with E-state index in [-0.39, 0.29) is 35.3 Å². The molecule has 0 radical (unpaired) electrons. The largest absolute Gasteiger partial charge is 0.398 e. The first-order chi connectivity index (χ1) is 11.1. The van der Waals surface area contributed by atoms with Crippen LogP contribution in [-0.4, -0.2) is 30.0 Å². The van der Waals surface area contributed by atoms with Crippen LogP contribution in [0.4, 0.5) is 11.4 Å². The molecule has 7 nitrogen and oxygen atoms in total. The van der Waals surface area contributed by atoms with Crippen molar-refractivity contribution in [2.24, 2.45) is 0 Å². The maximum Gasteiger partial charge on any atom is 0.270 e. The molecule has 1 fully saturated rings. The van der Waals surface area contributed by atoms with E-state index in [1.165, 1.54) is 56.7 Å². The van der Waals surface area contributed by atoms with Crippen LogP contribution < -0.4 is 16.4 Å². The molecule has 0 aromatic heterocycles. The van der Waals surface area contributed by atoms with E-state index in [1.807, 2.05) is 0 Å². The number of hydrogen-bond donors (Lipinski definition) is 3. The Hall–Kier alpha value is -1.86. The maximum absolute atomic E-state index is 12.1. The zero-order chi connectivity index (χ0) is 16.7. The zero-order valence-corrected chi connectivity index (χ0v) is 14.4. The van der Waals surface area contributed by atoms with Gasteiger partial charge in [0.25, 0.3) is 11.6 Å². The third-order valence-electron chi connectivity index (χ3n) is 4.19. The molecule has 0 atom stereocenters. The number of non-ortho nitro benzene ring substituents is 1. The number of benzene rings is 1. The normalized spacial score (nSPS) is 15.2. The lowest BCUT2D eigenvalue weighted by atomic mass is 10.1. The Kier molecular flexibility index (Phi) is 8.49. The fourth-order valence-corrected chi connectivity index (χ4v) is 2.89. The molecule has 0 bridgehead atoms. The number of anilines is 1. The number of hydrogen-bond acceptors (Lipinski definition) is 5. The minimum absolute atomic E-state index is 0. The molecule has 1 aliphatic carbocycles. The van der Waals surface area contributed by atoms with Crippen molar-refractivity contribution in [2.75, 3.05) is 18.8 Å². The molecule has 1 aromatic carbocycles. The average Bonchev–Trinajstić information content (AvgIpc) is 2.80. The first kappa shape index (κ1) is 20.2. The number of carbonyl (C=O) groups excluding carboxylic acids is 1. The second kappa shape index (κ2) is 10.1. The summed E-state index contributed by atoms with van der Waals surface area (Å²) in [4.78, 5) is 22.3. The molecule has 1 aromatic rings. The van der Waals surface area contributed by atoms with Crippen LogP contribution >= 0.6 is 12.4 Å². The maximum atomic E-state index is 12.1. The van der Waals surface area contributed by atoms with Gasteiger partial charge in [-0.05, 0) is 18.9 Å². The van der Waals surface area contributed by atoms with Crippen LogP contribution in [0.5, 0.6) is 0 Å². The van der Waals surface area contributed by atoms with Crippen LogP contribution in [0.2, 0.25) is 0 Å². The van der Waals surface area contributed by atoms with Gasteiger partial charge in [-0.15, -0.1) is 12.4 Å². The van der Waals surface area contributed by atoms with E-state index < -0.39 is 4.92 Å². The van der Waals surface area contributed by atoms with Gasteiger partial charge in [-0.3, -0.25) is 14.9 Å². The lowest BCUT2D eigenvalue weighted by Gasteiger charge is -2.16. The van der Waals surface area contributed by atoms with Gasteiger partial charge in [0, 0.05) is 37.0 Å². The first-order valence-electron chi connectivity index (χ1n) is 8.13. The number of amides is 1. The van der Waals surface area contributed by atoms with Crippen LogP contribution in [0.15, 0.2) is 18.2 Å². The summed E-state index contributed by atoms with van der Waals surface area (Å²) in [5.41, 5.74) is 5.98. The van der Waals surface area contributed by atoms with Crippen molar-refractivity contribution in [3.05, 3.63) is 33.9 Å². The topological polar surface area (TPSA) is 110 Å². The number of halogens is 1. The summed E-state index contributed by atoms with van der Waals surface area (Å²) in [6.45, 7) is 1.16. The van der Waals surface area contributed by atoms with Crippen molar-refractivity contribution in [2.45, 2.75) is 44.6 Å². The van der Waals surface area contributed by atoms with E-state index >= 15 is 0 Å². The van der Waals surface area contributed by atoms with Crippen molar-refractivity contribution < 1.29 is 9.72 Å². The number of rotatable bonds is 6. The minimum atomic E-state index is -0.538. The molecule has 0 spiro atoms. The molecule has 24 heavy (non-hydrogen) atoms. The highest BCUT2D eigenvalue weighted by atomic mass is 35.5. The fourth-order valence-electron chi connectivity index (χ4n) is 2.89. The number of nitro benzene ring substituents is 1. The third-order valence-corrected chi connectivity index (χ3v) is 4.19. The second-order valence-corrected chi connectivity index (χ2v) is 5.93. The Balaban J connectivity index is 0.00000288. The van der Waals surface area contributed by atoms with E-state index in [2.05, 4.69) is 10.6 Å². The van der Waals surface area contributed by atoms with Gasteiger partial charge in [-0.1, -0.05) is 25.7 Å². The number of nitrogens with two attached hydrogens (primary N) is 1. The lowest BCUT2D eigenvalue weighted by Crippen LogP contribution is -2.37. The van der Waals surface area contributed by atoms with E-state index in [1.54, 1.807) is 0 Å². The Bertz CT molecular complexity index is 560. The average molecular weight is 357 g/mol. The van der Waals surface area contributed by atoms with Gasteiger partial charge in [0.05, 0.1) is 10.5 Å². The summed E-state index contributed by atoms with van der Waals surface area (Å²) >= 11 is 0. The Morgan fingerprint density at radius 1 is 1.21 bits per heavy atom. The van der Waals surface area contributed by atoms with Gasteiger partial charge < -0.3 is 16.4 Å². The highest BCUT2D eigenvalue weighted by Gasteiger charge is 2.15. The molecule has 1 amide bonds. The first-order valence-corrected chi connectivity index (χ1v) is 8.13. The molecular formula is C16H25ClN4O3. The molecule has 134 valence electrons. The molecule has 0 aliphatic heterocycles. The van der Waals surface area contributed by atoms with Gasteiger partial charge in [-0.2, -0.15) is 0 Å². The molecule has 1 saturated carbocycles. The number of nitro groups is 1. The van der Waals surface area contributed by atoms with Crippen molar-refractivity contribution >= 4 is 29.7 Å². The van der Waals surface area contributed by atoms with Crippen molar-refractivity contribution in [1.29, 1.82) is 0 Å². The van der Waals surface area contributed by atoms with Crippen LogP contribution in [0.3, 0.4) is 0 Å². The van der Waals surface area contributed by atoms with Gasteiger partial charge in [0.2, 0.25) is 0 Å². The van der Waals surface area contributed by atoms with E-state index in [9.17, 15) is 14.9 Å². The van der Waals surface area contributed by atoms with Crippen molar-refractivity contribution in [3.8, 4) is 0 Å². The van der Waals surface area contributed by atoms with Crippen LogP contribution in [-0.2, 0) is 0 Å². The second-order valence-electron chi connectivity index (χ2n) is 5.93. The summed E-state index contributed by atoms with van der Waals surface area (Å²) in [5, 5.41) is 17.0. The molecule has 0 unspecified atom stereocenters. The van der Waals surface area contributed by atoms with E-state index in [4.69, 9.17) is 5.73 Å². The number of nitrogens with one attached hydrogen (secondary N) is 2. The minimum Gasteiger partial charge on any atom is -0.398 e. The Morgan fingerprint density at radius 3 is 2.50 bits per heavy atom. The van der Waals surface area contributed by atoms with Crippen LogP contribution in [0.1, 0.15) is 48.9 Å².